The molecule has 0 aromatic carbocycles. The molecule has 0 amide bonds. The maximum absolute atomic E-state index is 3.52. The Morgan fingerprint density at radius 3 is 0.933 bits per heavy atom. The number of halogens is 1. The molecule has 1 saturated heterocycles. The molecule has 1 aliphatic heterocycles. The lowest BCUT2D eigenvalue weighted by atomic mass is 10.1. The fraction of sp³-hybridized carbons (Fsp3) is 1.00. The molecule has 0 atom stereocenters. The van der Waals surface area contributed by atoms with Crippen molar-refractivity contribution in [2.45, 2.75) is 51.4 Å². The van der Waals surface area contributed by atoms with Gasteiger partial charge in [0.05, 0.1) is 0 Å². The first-order chi connectivity index (χ1) is 7.00. The molecule has 0 spiro atoms. The van der Waals surface area contributed by atoms with Crippen molar-refractivity contribution in [2.75, 3.05) is 26.2 Å². The minimum absolute atomic E-state index is 0. The highest BCUT2D eigenvalue weighted by Gasteiger charge is 1.94. The molecule has 0 unspecified atom stereocenters. The van der Waals surface area contributed by atoms with Crippen molar-refractivity contribution in [2.24, 2.45) is 0 Å². The average molecular weight is 235 g/mol. The van der Waals surface area contributed by atoms with Crippen LogP contribution in [-0.4, -0.2) is 26.2 Å². The van der Waals surface area contributed by atoms with Gasteiger partial charge in [0.1, 0.15) is 0 Å². The molecule has 1 rings (SSSR count). The topological polar surface area (TPSA) is 24.1 Å². The molecule has 0 aromatic heterocycles. The van der Waals surface area contributed by atoms with Crippen molar-refractivity contribution in [1.82, 2.24) is 10.6 Å². The highest BCUT2D eigenvalue weighted by Crippen LogP contribution is 2.01. The van der Waals surface area contributed by atoms with Crippen LogP contribution in [0.3, 0.4) is 0 Å². The van der Waals surface area contributed by atoms with Gasteiger partial charge in [-0.2, -0.15) is 0 Å². The van der Waals surface area contributed by atoms with Crippen LogP contribution in [0.15, 0.2) is 0 Å². The van der Waals surface area contributed by atoms with Crippen molar-refractivity contribution in [3.8, 4) is 0 Å². The summed E-state index contributed by atoms with van der Waals surface area (Å²) in [5.41, 5.74) is 0. The lowest BCUT2D eigenvalue weighted by Gasteiger charge is -2.08. The normalized spacial score (nSPS) is 22.4. The fourth-order valence-electron chi connectivity index (χ4n) is 1.96. The van der Waals surface area contributed by atoms with Gasteiger partial charge < -0.3 is 10.6 Å². The Labute approximate surface area is 101 Å². The molecule has 1 heterocycles. The summed E-state index contributed by atoms with van der Waals surface area (Å²) < 4.78 is 0. The molecular formula is C12H27ClN2. The second-order valence-corrected chi connectivity index (χ2v) is 4.33. The number of hydrogen-bond donors (Lipinski definition) is 2. The molecule has 92 valence electrons. The van der Waals surface area contributed by atoms with Gasteiger partial charge in [-0.3, -0.25) is 0 Å². The molecule has 2 nitrogen and oxygen atoms in total. The highest BCUT2D eigenvalue weighted by atomic mass is 35.5. The van der Waals surface area contributed by atoms with E-state index in [4.69, 9.17) is 0 Å². The second-order valence-electron chi connectivity index (χ2n) is 4.33. The summed E-state index contributed by atoms with van der Waals surface area (Å²) in [6, 6.07) is 0. The van der Waals surface area contributed by atoms with Crippen LogP contribution in [0, 0.1) is 0 Å². The zero-order chi connectivity index (χ0) is 9.90. The smallest absolute Gasteiger partial charge is 0.00489 e. The Kier molecular flexibility index (Phi) is 12.5. The van der Waals surface area contributed by atoms with E-state index >= 15 is 0 Å². The quantitative estimate of drug-likeness (QED) is 0.674. The van der Waals surface area contributed by atoms with Crippen molar-refractivity contribution in [1.29, 1.82) is 0 Å². The van der Waals surface area contributed by atoms with Gasteiger partial charge in [0.2, 0.25) is 0 Å². The summed E-state index contributed by atoms with van der Waals surface area (Å²) in [5.74, 6) is 0. The molecular weight excluding hydrogens is 208 g/mol. The van der Waals surface area contributed by atoms with Crippen LogP contribution in [-0.2, 0) is 0 Å². The van der Waals surface area contributed by atoms with Crippen molar-refractivity contribution in [3.63, 3.8) is 0 Å². The highest BCUT2D eigenvalue weighted by molar-refractivity contribution is 5.85. The summed E-state index contributed by atoms with van der Waals surface area (Å²) in [4.78, 5) is 0. The number of hydrogen-bond acceptors (Lipinski definition) is 2. The minimum Gasteiger partial charge on any atom is -0.317 e. The molecule has 15 heavy (non-hydrogen) atoms. The van der Waals surface area contributed by atoms with E-state index in [2.05, 4.69) is 10.6 Å². The Hall–Kier alpha value is 0.210. The first-order valence-corrected chi connectivity index (χ1v) is 6.41. The summed E-state index contributed by atoms with van der Waals surface area (Å²) in [7, 11) is 0. The first kappa shape index (κ1) is 15.2. The predicted molar refractivity (Wildman–Crippen MR) is 69.9 cm³/mol. The first-order valence-electron chi connectivity index (χ1n) is 6.41. The zero-order valence-corrected chi connectivity index (χ0v) is 10.7. The Morgan fingerprint density at radius 1 is 0.400 bits per heavy atom. The molecule has 1 aliphatic rings. The number of nitrogens with one attached hydrogen (secondary N) is 2. The minimum atomic E-state index is 0. The van der Waals surface area contributed by atoms with Crippen LogP contribution in [0.2, 0.25) is 0 Å². The molecule has 0 saturated carbocycles. The summed E-state index contributed by atoms with van der Waals surface area (Å²) in [5, 5.41) is 7.05. The third-order valence-electron chi connectivity index (χ3n) is 2.91. The van der Waals surface area contributed by atoms with E-state index in [0.29, 0.717) is 0 Å². The molecule has 2 N–H and O–H groups in total. The van der Waals surface area contributed by atoms with Crippen LogP contribution >= 0.6 is 12.4 Å². The van der Waals surface area contributed by atoms with Crippen LogP contribution in [0.5, 0.6) is 0 Å². The van der Waals surface area contributed by atoms with Gasteiger partial charge in [-0.15, -0.1) is 12.4 Å². The van der Waals surface area contributed by atoms with E-state index in [0.717, 1.165) is 0 Å². The Balaban J connectivity index is 0.00000196. The van der Waals surface area contributed by atoms with Crippen molar-refractivity contribution >= 4 is 12.4 Å². The zero-order valence-electron chi connectivity index (χ0n) is 9.89. The molecule has 3 heteroatoms. The van der Waals surface area contributed by atoms with E-state index in [9.17, 15) is 0 Å². The van der Waals surface area contributed by atoms with Gasteiger partial charge in [0, 0.05) is 0 Å². The second kappa shape index (κ2) is 12.3. The maximum Gasteiger partial charge on any atom is -0.00489 e. The standard InChI is InChI=1S/C12H26N2.ClH/c1-2-6-10-14-12-8-4-3-7-11-13-9-5-1;/h13-14H,1-12H2;1H. The van der Waals surface area contributed by atoms with E-state index in [1.165, 1.54) is 77.5 Å². The van der Waals surface area contributed by atoms with Crippen molar-refractivity contribution < 1.29 is 0 Å². The monoisotopic (exact) mass is 234 g/mol. The summed E-state index contributed by atoms with van der Waals surface area (Å²) >= 11 is 0. The maximum atomic E-state index is 3.52. The number of rotatable bonds is 0. The molecule has 0 bridgehead atoms. The summed E-state index contributed by atoms with van der Waals surface area (Å²) in [6.45, 7) is 4.92. The third kappa shape index (κ3) is 10.5. The molecule has 0 radical (unpaired) electrons. The van der Waals surface area contributed by atoms with E-state index in [1.807, 2.05) is 0 Å². The third-order valence-corrected chi connectivity index (χ3v) is 2.91. The fourth-order valence-corrected chi connectivity index (χ4v) is 1.96. The van der Waals surface area contributed by atoms with Gasteiger partial charge >= 0.3 is 0 Å². The van der Waals surface area contributed by atoms with Gasteiger partial charge in [0.15, 0.2) is 0 Å². The van der Waals surface area contributed by atoms with E-state index in [1.54, 1.807) is 0 Å². The molecule has 0 aromatic rings. The van der Waals surface area contributed by atoms with Gasteiger partial charge in [-0.05, 0) is 51.9 Å². The predicted octanol–water partition coefficient (Wildman–Crippen LogP) is 2.72. The van der Waals surface area contributed by atoms with Crippen molar-refractivity contribution in [3.05, 3.63) is 0 Å². The van der Waals surface area contributed by atoms with Crippen LogP contribution in [0.1, 0.15) is 51.4 Å². The van der Waals surface area contributed by atoms with E-state index < -0.39 is 0 Å². The van der Waals surface area contributed by atoms with E-state index in [-0.39, 0.29) is 12.4 Å². The van der Waals surface area contributed by atoms with Gasteiger partial charge in [-0.1, -0.05) is 25.7 Å². The molecule has 0 aliphatic carbocycles. The average Bonchev–Trinajstić information content (AvgIpc) is 2.22. The Bertz CT molecular complexity index is 66.9. The Morgan fingerprint density at radius 2 is 0.667 bits per heavy atom. The lowest BCUT2D eigenvalue weighted by Crippen LogP contribution is -2.19. The lowest BCUT2D eigenvalue weighted by molar-refractivity contribution is 0.518. The van der Waals surface area contributed by atoms with Crippen LogP contribution in [0.25, 0.3) is 0 Å². The van der Waals surface area contributed by atoms with Gasteiger partial charge in [0.25, 0.3) is 0 Å². The SMILES string of the molecule is C1CCCNCCCCCCNCC1.Cl. The molecule has 1 fully saturated rings. The largest absolute Gasteiger partial charge is 0.317 e. The van der Waals surface area contributed by atoms with Crippen LogP contribution < -0.4 is 10.6 Å². The summed E-state index contributed by atoms with van der Waals surface area (Å²) in [6.07, 6.45) is 11.0. The van der Waals surface area contributed by atoms with Gasteiger partial charge in [-0.25, -0.2) is 0 Å². The van der Waals surface area contributed by atoms with Crippen LogP contribution in [0.4, 0.5) is 0 Å².